The van der Waals surface area contributed by atoms with Crippen molar-refractivity contribution in [3.05, 3.63) is 96.6 Å². The number of hydrogen-bond donors (Lipinski definition) is 0. The van der Waals surface area contributed by atoms with Gasteiger partial charge in [0.05, 0.1) is 18.8 Å². The van der Waals surface area contributed by atoms with Crippen molar-refractivity contribution in [2.24, 2.45) is 11.8 Å². The molecular formula is C34H46O5Si. The van der Waals surface area contributed by atoms with E-state index in [2.05, 4.69) is 88.4 Å². The number of carbonyl (C=O) groups is 1. The first-order valence-electron chi connectivity index (χ1n) is 14.2. The molecule has 0 amide bonds. The Kier molecular flexibility index (Phi) is 12.3. The van der Waals surface area contributed by atoms with Gasteiger partial charge in [0.25, 0.3) is 8.32 Å². The molecule has 0 aromatic heterocycles. The maximum Gasteiger partial charge on any atom is 0.261 e. The number of hydrogen-bond acceptors (Lipinski definition) is 5. The Balaban J connectivity index is 1.94. The Morgan fingerprint density at radius 1 is 0.800 bits per heavy atom. The van der Waals surface area contributed by atoms with Crippen molar-refractivity contribution >= 4 is 25.0 Å². The fraction of sp³-hybridized carbons (Fsp3) is 0.441. The van der Waals surface area contributed by atoms with Gasteiger partial charge in [-0.1, -0.05) is 126 Å². The maximum atomic E-state index is 11.7. The van der Waals surface area contributed by atoms with Crippen LogP contribution in [0.5, 0.6) is 0 Å². The van der Waals surface area contributed by atoms with Gasteiger partial charge in [-0.05, 0) is 27.4 Å². The van der Waals surface area contributed by atoms with Crippen LogP contribution in [0.4, 0.5) is 0 Å². The standard InChI is InChI=1S/C34H46O5Si/c1-27(23-35)22-32(37-25-29-16-10-7-11-17-29)33(38-26-36-6)28(2)24-39-40(34(3,4)5,30-18-12-8-13-19-30)31-20-14-9-15-21-31/h7-21,23,27-28,32-33H,22,24-26H2,1-6H3/t27-,28+,32-,33-/m0/s1. The highest BCUT2D eigenvalue weighted by atomic mass is 28.4. The zero-order valence-electron chi connectivity index (χ0n) is 24.9. The quantitative estimate of drug-likeness (QED) is 0.122. The SMILES string of the molecule is COCO[C@@H]([C@H](C)CO[Si](c1ccccc1)(c1ccccc1)C(C)(C)C)[C@H](C[C@H](C)C=O)OCc1ccccc1. The van der Waals surface area contributed by atoms with Crippen LogP contribution in [0.2, 0.25) is 5.04 Å². The van der Waals surface area contributed by atoms with Crippen LogP contribution in [0, 0.1) is 11.8 Å². The van der Waals surface area contributed by atoms with E-state index in [0.717, 1.165) is 11.8 Å². The fourth-order valence-corrected chi connectivity index (χ4v) is 10.1. The Bertz CT molecular complexity index is 1080. The van der Waals surface area contributed by atoms with Gasteiger partial charge in [-0.3, -0.25) is 0 Å². The van der Waals surface area contributed by atoms with Gasteiger partial charge in [-0.25, -0.2) is 0 Å². The summed E-state index contributed by atoms with van der Waals surface area (Å²) in [6, 6.07) is 31.4. The summed E-state index contributed by atoms with van der Waals surface area (Å²) in [6.45, 7) is 11.9. The normalized spacial score (nSPS) is 15.2. The molecule has 3 rings (SSSR count). The zero-order valence-corrected chi connectivity index (χ0v) is 25.9. The molecule has 0 aliphatic heterocycles. The van der Waals surface area contributed by atoms with Crippen LogP contribution in [0.25, 0.3) is 0 Å². The molecule has 3 aromatic carbocycles. The summed E-state index contributed by atoms with van der Waals surface area (Å²) in [5, 5.41) is 2.34. The molecule has 0 saturated heterocycles. The van der Waals surface area contributed by atoms with E-state index >= 15 is 0 Å². The molecule has 5 nitrogen and oxygen atoms in total. The molecule has 0 aliphatic rings. The topological polar surface area (TPSA) is 54.0 Å². The summed E-state index contributed by atoms with van der Waals surface area (Å²) in [6.07, 6.45) is 0.891. The predicted octanol–water partition coefficient (Wildman–Crippen LogP) is 6.00. The number of ether oxygens (including phenoxy) is 3. The van der Waals surface area contributed by atoms with Gasteiger partial charge in [0.1, 0.15) is 13.1 Å². The van der Waals surface area contributed by atoms with Gasteiger partial charge in [0.15, 0.2) is 0 Å². The molecule has 0 saturated carbocycles. The second-order valence-corrected chi connectivity index (χ2v) is 16.0. The molecule has 0 fully saturated rings. The molecule has 0 N–H and O–H groups in total. The Morgan fingerprint density at radius 2 is 1.32 bits per heavy atom. The largest absolute Gasteiger partial charge is 0.407 e. The monoisotopic (exact) mass is 562 g/mol. The first-order valence-corrected chi connectivity index (χ1v) is 16.1. The molecule has 3 aromatic rings. The van der Waals surface area contributed by atoms with Gasteiger partial charge < -0.3 is 23.4 Å². The van der Waals surface area contributed by atoms with E-state index in [9.17, 15) is 4.79 Å². The molecule has 0 bridgehead atoms. The molecule has 0 aliphatic carbocycles. The molecule has 216 valence electrons. The predicted molar refractivity (Wildman–Crippen MR) is 164 cm³/mol. The van der Waals surface area contributed by atoms with E-state index in [-0.39, 0.29) is 35.9 Å². The first-order chi connectivity index (χ1) is 19.2. The Hall–Kier alpha value is -2.61. The van der Waals surface area contributed by atoms with Crippen molar-refractivity contribution < 1.29 is 23.4 Å². The molecular weight excluding hydrogens is 516 g/mol. The van der Waals surface area contributed by atoms with E-state index in [1.807, 2.05) is 37.3 Å². The highest BCUT2D eigenvalue weighted by Crippen LogP contribution is 2.37. The van der Waals surface area contributed by atoms with Crippen LogP contribution in [-0.2, 0) is 30.0 Å². The van der Waals surface area contributed by atoms with Gasteiger partial charge in [0, 0.05) is 25.6 Å². The van der Waals surface area contributed by atoms with Gasteiger partial charge >= 0.3 is 0 Å². The van der Waals surface area contributed by atoms with Crippen LogP contribution in [0.3, 0.4) is 0 Å². The van der Waals surface area contributed by atoms with Crippen molar-refractivity contribution in [1.82, 2.24) is 0 Å². The smallest absolute Gasteiger partial charge is 0.261 e. The van der Waals surface area contributed by atoms with E-state index in [1.54, 1.807) is 7.11 Å². The third kappa shape index (κ3) is 8.21. The lowest BCUT2D eigenvalue weighted by Gasteiger charge is -2.44. The second kappa shape index (κ2) is 15.4. The number of carbonyl (C=O) groups excluding carboxylic acids is 1. The molecule has 0 unspecified atom stereocenters. The lowest BCUT2D eigenvalue weighted by atomic mass is 9.93. The number of methoxy groups -OCH3 is 1. The van der Waals surface area contributed by atoms with E-state index in [4.69, 9.17) is 18.6 Å². The average Bonchev–Trinajstić information content (AvgIpc) is 2.97. The van der Waals surface area contributed by atoms with Crippen molar-refractivity contribution in [2.45, 2.75) is 64.9 Å². The molecule has 4 atom stereocenters. The molecule has 0 spiro atoms. The number of aldehydes is 1. The minimum atomic E-state index is -2.72. The van der Waals surface area contributed by atoms with Crippen LogP contribution in [-0.4, -0.2) is 47.3 Å². The number of benzene rings is 3. The van der Waals surface area contributed by atoms with Crippen LogP contribution >= 0.6 is 0 Å². The lowest BCUT2D eigenvalue weighted by Crippen LogP contribution is -2.67. The lowest BCUT2D eigenvalue weighted by molar-refractivity contribution is -0.157. The van der Waals surface area contributed by atoms with Crippen LogP contribution in [0.15, 0.2) is 91.0 Å². The highest BCUT2D eigenvalue weighted by Gasteiger charge is 2.50. The zero-order chi connectivity index (χ0) is 29.0. The Morgan fingerprint density at radius 3 is 1.80 bits per heavy atom. The maximum absolute atomic E-state index is 11.7. The summed E-state index contributed by atoms with van der Waals surface area (Å²) < 4.78 is 25.3. The van der Waals surface area contributed by atoms with Crippen molar-refractivity contribution in [3.8, 4) is 0 Å². The third-order valence-electron chi connectivity index (χ3n) is 7.43. The molecule has 0 radical (unpaired) electrons. The van der Waals surface area contributed by atoms with Gasteiger partial charge in [0.2, 0.25) is 0 Å². The van der Waals surface area contributed by atoms with Gasteiger partial charge in [-0.15, -0.1) is 0 Å². The van der Waals surface area contributed by atoms with E-state index in [0.29, 0.717) is 19.6 Å². The van der Waals surface area contributed by atoms with Crippen LogP contribution < -0.4 is 10.4 Å². The summed E-state index contributed by atoms with van der Waals surface area (Å²) >= 11 is 0. The molecule has 0 heterocycles. The van der Waals surface area contributed by atoms with Crippen LogP contribution in [0.1, 0.15) is 46.6 Å². The van der Waals surface area contributed by atoms with Gasteiger partial charge in [-0.2, -0.15) is 0 Å². The van der Waals surface area contributed by atoms with Crippen molar-refractivity contribution in [1.29, 1.82) is 0 Å². The summed E-state index contributed by atoms with van der Waals surface area (Å²) in [7, 11) is -1.10. The van der Waals surface area contributed by atoms with Crippen molar-refractivity contribution in [3.63, 3.8) is 0 Å². The minimum absolute atomic E-state index is 0.0311. The van der Waals surface area contributed by atoms with Crippen molar-refractivity contribution in [2.75, 3.05) is 20.5 Å². The summed E-state index contributed by atoms with van der Waals surface area (Å²) in [5.41, 5.74) is 1.08. The Labute approximate surface area is 242 Å². The average molecular weight is 563 g/mol. The minimum Gasteiger partial charge on any atom is -0.407 e. The highest BCUT2D eigenvalue weighted by molar-refractivity contribution is 6.99. The molecule has 6 heteroatoms. The van der Waals surface area contributed by atoms with E-state index in [1.165, 1.54) is 10.4 Å². The number of rotatable bonds is 16. The summed E-state index contributed by atoms with van der Waals surface area (Å²) in [4.78, 5) is 11.7. The summed E-state index contributed by atoms with van der Waals surface area (Å²) in [5.74, 6) is -0.198. The van der Waals surface area contributed by atoms with E-state index < -0.39 is 8.32 Å². The third-order valence-corrected chi connectivity index (χ3v) is 12.4. The molecule has 40 heavy (non-hydrogen) atoms. The second-order valence-electron chi connectivity index (χ2n) is 11.7. The first kappa shape index (κ1) is 31.9. The fourth-order valence-electron chi connectivity index (χ4n) is 5.39.